The van der Waals surface area contributed by atoms with E-state index in [1.165, 1.54) is 89.9 Å². The van der Waals surface area contributed by atoms with E-state index in [9.17, 15) is 25.2 Å². The summed E-state index contributed by atoms with van der Waals surface area (Å²) >= 11 is 0. The maximum atomic E-state index is 12.3. The summed E-state index contributed by atoms with van der Waals surface area (Å²) in [7, 11) is 0. The number of hydrogen-bond acceptors (Lipinski definition) is 5. The van der Waals surface area contributed by atoms with E-state index >= 15 is 0 Å². The number of hydrogen-bond donors (Lipinski definition) is 5. The average molecular weight is 542 g/mol. The number of allylic oxidation sites excluding steroid dienone is 2. The second-order valence-corrected chi connectivity index (χ2v) is 11.2. The number of carbonyl (C=O) groups excluding carboxylic acids is 1. The fraction of sp³-hybridized carbons (Fsp3) is 0.906. The largest absolute Gasteiger partial charge is 0.394 e. The van der Waals surface area contributed by atoms with Crippen LogP contribution < -0.4 is 5.32 Å². The molecule has 0 rings (SSSR count). The van der Waals surface area contributed by atoms with Crippen molar-refractivity contribution in [1.82, 2.24) is 5.32 Å². The predicted octanol–water partition coefficient (Wildman–Crippen LogP) is 6.72. The van der Waals surface area contributed by atoms with Crippen LogP contribution >= 0.6 is 0 Å². The molecule has 0 saturated heterocycles. The number of nitrogens with one attached hydrogen (secondary N) is 1. The molecule has 0 saturated carbocycles. The standard InChI is InChI=1S/C32H63NO5/c1-3-5-7-9-11-13-15-16-18-19-21-23-25-29(35)31(37)28(27-34)33-32(38)30(36)26-24-22-20-17-14-12-10-8-6-4-2/h18-19,28-31,34-37H,3-17,20-27H2,1-2H3,(H,33,38)/b19-18+. The van der Waals surface area contributed by atoms with Gasteiger partial charge < -0.3 is 25.7 Å². The van der Waals surface area contributed by atoms with Gasteiger partial charge in [-0.05, 0) is 38.5 Å². The van der Waals surface area contributed by atoms with E-state index in [-0.39, 0.29) is 0 Å². The van der Waals surface area contributed by atoms with Crippen molar-refractivity contribution in [2.75, 3.05) is 6.61 Å². The Balaban J connectivity index is 3.94. The summed E-state index contributed by atoms with van der Waals surface area (Å²) in [6, 6.07) is -0.993. The maximum Gasteiger partial charge on any atom is 0.249 e. The summed E-state index contributed by atoms with van der Waals surface area (Å²) < 4.78 is 0. The highest BCUT2D eigenvalue weighted by molar-refractivity contribution is 5.80. The molecule has 0 aromatic carbocycles. The molecule has 4 atom stereocenters. The Morgan fingerprint density at radius 3 is 1.58 bits per heavy atom. The summed E-state index contributed by atoms with van der Waals surface area (Å²) in [5.74, 6) is -0.598. The molecule has 38 heavy (non-hydrogen) atoms. The van der Waals surface area contributed by atoms with Crippen LogP contribution in [0.4, 0.5) is 0 Å². The van der Waals surface area contributed by atoms with Gasteiger partial charge in [-0.3, -0.25) is 4.79 Å². The number of unbranched alkanes of at least 4 members (excludes halogenated alkanes) is 17. The fourth-order valence-electron chi connectivity index (χ4n) is 4.81. The molecule has 1 amide bonds. The van der Waals surface area contributed by atoms with Gasteiger partial charge in [-0.15, -0.1) is 0 Å². The van der Waals surface area contributed by atoms with Crippen LogP contribution in [0, 0.1) is 0 Å². The van der Waals surface area contributed by atoms with Gasteiger partial charge in [0.2, 0.25) is 5.91 Å². The van der Waals surface area contributed by atoms with Gasteiger partial charge in [0.25, 0.3) is 0 Å². The minimum Gasteiger partial charge on any atom is -0.394 e. The highest BCUT2D eigenvalue weighted by Gasteiger charge is 2.28. The van der Waals surface area contributed by atoms with Crippen molar-refractivity contribution in [1.29, 1.82) is 0 Å². The fourth-order valence-corrected chi connectivity index (χ4v) is 4.81. The molecule has 0 aliphatic rings. The summed E-state index contributed by atoms with van der Waals surface area (Å²) in [6.45, 7) is 3.97. The third-order valence-corrected chi connectivity index (χ3v) is 7.48. The van der Waals surface area contributed by atoms with Gasteiger partial charge in [0.05, 0.1) is 18.8 Å². The molecule has 4 unspecified atom stereocenters. The smallest absolute Gasteiger partial charge is 0.249 e. The number of carbonyl (C=O) groups is 1. The number of amides is 1. The molecule has 0 aromatic rings. The van der Waals surface area contributed by atoms with Gasteiger partial charge in [-0.25, -0.2) is 0 Å². The molecular weight excluding hydrogens is 478 g/mol. The van der Waals surface area contributed by atoms with E-state index in [2.05, 4.69) is 31.3 Å². The number of aliphatic hydroxyl groups is 4. The number of rotatable bonds is 28. The molecule has 0 spiro atoms. The Labute approximate surface area is 234 Å². The summed E-state index contributed by atoms with van der Waals surface area (Å²) in [5, 5.41) is 43.1. The lowest BCUT2D eigenvalue weighted by Gasteiger charge is -2.27. The Kier molecular flexibility index (Phi) is 26.9. The zero-order valence-corrected chi connectivity index (χ0v) is 24.9. The van der Waals surface area contributed by atoms with Gasteiger partial charge in [0, 0.05) is 0 Å². The quantitative estimate of drug-likeness (QED) is 0.0557. The van der Waals surface area contributed by atoms with Gasteiger partial charge in [-0.1, -0.05) is 129 Å². The molecule has 0 aromatic heterocycles. The van der Waals surface area contributed by atoms with E-state index in [0.29, 0.717) is 12.8 Å². The Morgan fingerprint density at radius 1 is 0.632 bits per heavy atom. The molecule has 6 heteroatoms. The van der Waals surface area contributed by atoms with Crippen molar-refractivity contribution in [2.45, 2.75) is 179 Å². The molecule has 0 fully saturated rings. The van der Waals surface area contributed by atoms with Gasteiger partial charge >= 0.3 is 0 Å². The molecule has 5 N–H and O–H groups in total. The van der Waals surface area contributed by atoms with Crippen molar-refractivity contribution in [3.05, 3.63) is 12.2 Å². The minimum atomic E-state index is -1.27. The average Bonchev–Trinajstić information content (AvgIpc) is 2.92. The molecule has 0 radical (unpaired) electrons. The van der Waals surface area contributed by atoms with Gasteiger partial charge in [-0.2, -0.15) is 0 Å². The second kappa shape index (κ2) is 27.6. The molecule has 0 heterocycles. The van der Waals surface area contributed by atoms with E-state index in [1.807, 2.05) is 0 Å². The zero-order chi connectivity index (χ0) is 28.3. The van der Waals surface area contributed by atoms with Crippen LogP contribution in [0.1, 0.15) is 155 Å². The minimum absolute atomic E-state index is 0.365. The molecule has 6 nitrogen and oxygen atoms in total. The van der Waals surface area contributed by atoms with Crippen molar-refractivity contribution in [3.63, 3.8) is 0 Å². The first-order chi connectivity index (χ1) is 18.5. The van der Waals surface area contributed by atoms with Crippen molar-refractivity contribution >= 4 is 5.91 Å². The zero-order valence-electron chi connectivity index (χ0n) is 24.9. The van der Waals surface area contributed by atoms with Crippen LogP contribution in [-0.4, -0.2) is 57.3 Å². The molecule has 0 bridgehead atoms. The third-order valence-electron chi connectivity index (χ3n) is 7.48. The highest BCUT2D eigenvalue weighted by Crippen LogP contribution is 2.14. The van der Waals surface area contributed by atoms with Crippen LogP contribution in [0.3, 0.4) is 0 Å². The van der Waals surface area contributed by atoms with Crippen LogP contribution in [0.2, 0.25) is 0 Å². The van der Waals surface area contributed by atoms with Crippen LogP contribution in [-0.2, 0) is 4.79 Å². The van der Waals surface area contributed by atoms with Crippen molar-refractivity contribution in [2.24, 2.45) is 0 Å². The Morgan fingerprint density at radius 2 is 1.08 bits per heavy atom. The van der Waals surface area contributed by atoms with Crippen molar-refractivity contribution < 1.29 is 25.2 Å². The highest BCUT2D eigenvalue weighted by atomic mass is 16.3. The summed E-state index contributed by atoms with van der Waals surface area (Å²) in [4.78, 5) is 12.3. The van der Waals surface area contributed by atoms with E-state index in [1.54, 1.807) is 0 Å². The van der Waals surface area contributed by atoms with Gasteiger partial charge in [0.15, 0.2) is 0 Å². The lowest BCUT2D eigenvalue weighted by Crippen LogP contribution is -2.53. The summed E-state index contributed by atoms with van der Waals surface area (Å²) in [6.07, 6.45) is 25.2. The molecular formula is C32H63NO5. The molecule has 226 valence electrons. The van der Waals surface area contributed by atoms with Gasteiger partial charge in [0.1, 0.15) is 12.2 Å². The first-order valence-electron chi connectivity index (χ1n) is 16.1. The second-order valence-electron chi connectivity index (χ2n) is 11.2. The van der Waals surface area contributed by atoms with Crippen LogP contribution in [0.15, 0.2) is 12.2 Å². The Hall–Kier alpha value is -0.950. The first kappa shape index (κ1) is 37.0. The van der Waals surface area contributed by atoms with E-state index in [0.717, 1.165) is 38.5 Å². The number of aliphatic hydroxyl groups excluding tert-OH is 4. The monoisotopic (exact) mass is 541 g/mol. The van der Waals surface area contributed by atoms with E-state index in [4.69, 9.17) is 0 Å². The van der Waals surface area contributed by atoms with Crippen LogP contribution in [0.5, 0.6) is 0 Å². The SMILES string of the molecule is CCCCCCCCC/C=C/CCCC(O)C(O)C(CO)NC(=O)C(O)CCCCCCCCCCCC. The topological polar surface area (TPSA) is 110 Å². The Bertz CT molecular complexity index is 542. The third kappa shape index (κ3) is 21.9. The summed E-state index contributed by atoms with van der Waals surface area (Å²) in [5.41, 5.74) is 0. The molecule has 0 aliphatic heterocycles. The predicted molar refractivity (Wildman–Crippen MR) is 159 cm³/mol. The normalized spacial score (nSPS) is 15.0. The van der Waals surface area contributed by atoms with Crippen molar-refractivity contribution in [3.8, 4) is 0 Å². The van der Waals surface area contributed by atoms with E-state index < -0.39 is 36.9 Å². The molecule has 0 aliphatic carbocycles. The first-order valence-corrected chi connectivity index (χ1v) is 16.1. The maximum absolute atomic E-state index is 12.3. The van der Waals surface area contributed by atoms with Crippen LogP contribution in [0.25, 0.3) is 0 Å². The lowest BCUT2D eigenvalue weighted by molar-refractivity contribution is -0.132. The lowest BCUT2D eigenvalue weighted by atomic mass is 10.00.